The second-order valence-electron chi connectivity index (χ2n) is 3.11. The second kappa shape index (κ2) is 6.16. The van der Waals surface area contributed by atoms with Gasteiger partial charge in [-0.05, 0) is 18.4 Å². The number of hydrogen-bond acceptors (Lipinski definition) is 4. The van der Waals surface area contributed by atoms with Crippen molar-refractivity contribution in [3.8, 4) is 0 Å². The van der Waals surface area contributed by atoms with Crippen LogP contribution in [0, 0.1) is 0 Å². The standard InChI is InChI=1S/C9H13N3O3S/c1-16-3-2-6(9(14)15)12-8(13)7-4-10-5-11-7/h4-6H,2-3H2,1H3,(H,10,11)(H,12,13)(H,14,15)/t6-/m0/s1. The molecule has 1 aromatic heterocycles. The van der Waals surface area contributed by atoms with Gasteiger partial charge >= 0.3 is 5.97 Å². The Labute approximate surface area is 96.8 Å². The maximum absolute atomic E-state index is 11.5. The number of aromatic nitrogens is 2. The lowest BCUT2D eigenvalue weighted by Gasteiger charge is -2.12. The van der Waals surface area contributed by atoms with E-state index in [0.717, 1.165) is 0 Å². The molecule has 6 nitrogen and oxygen atoms in total. The summed E-state index contributed by atoms with van der Waals surface area (Å²) in [4.78, 5) is 28.7. The number of carboxylic acids is 1. The van der Waals surface area contributed by atoms with Crippen molar-refractivity contribution in [1.29, 1.82) is 0 Å². The lowest BCUT2D eigenvalue weighted by Crippen LogP contribution is -2.41. The van der Waals surface area contributed by atoms with E-state index in [1.165, 1.54) is 24.3 Å². The van der Waals surface area contributed by atoms with E-state index < -0.39 is 17.9 Å². The van der Waals surface area contributed by atoms with E-state index in [2.05, 4.69) is 15.3 Å². The average molecular weight is 243 g/mol. The van der Waals surface area contributed by atoms with E-state index in [-0.39, 0.29) is 5.69 Å². The molecule has 0 saturated carbocycles. The van der Waals surface area contributed by atoms with Crippen molar-refractivity contribution in [2.24, 2.45) is 0 Å². The zero-order valence-electron chi connectivity index (χ0n) is 8.77. The van der Waals surface area contributed by atoms with Gasteiger partial charge in [-0.2, -0.15) is 11.8 Å². The number of rotatable bonds is 6. The van der Waals surface area contributed by atoms with Gasteiger partial charge in [-0.1, -0.05) is 0 Å². The largest absolute Gasteiger partial charge is 0.480 e. The van der Waals surface area contributed by atoms with Crippen molar-refractivity contribution in [2.75, 3.05) is 12.0 Å². The van der Waals surface area contributed by atoms with Gasteiger partial charge in [0.1, 0.15) is 11.7 Å². The van der Waals surface area contributed by atoms with Crippen LogP contribution in [0.5, 0.6) is 0 Å². The lowest BCUT2D eigenvalue weighted by molar-refractivity contribution is -0.139. The van der Waals surface area contributed by atoms with Crippen LogP contribution in [0.4, 0.5) is 0 Å². The molecule has 0 saturated heterocycles. The van der Waals surface area contributed by atoms with Gasteiger partial charge in [-0.25, -0.2) is 9.78 Å². The van der Waals surface area contributed by atoms with E-state index in [1.807, 2.05) is 6.26 Å². The monoisotopic (exact) mass is 243 g/mol. The fraction of sp³-hybridized carbons (Fsp3) is 0.444. The summed E-state index contributed by atoms with van der Waals surface area (Å²) in [7, 11) is 0. The first-order valence-corrected chi connectivity index (χ1v) is 6.05. The van der Waals surface area contributed by atoms with Crippen LogP contribution in [-0.2, 0) is 4.79 Å². The number of nitrogens with one attached hydrogen (secondary N) is 2. The van der Waals surface area contributed by atoms with Crippen molar-refractivity contribution in [1.82, 2.24) is 15.3 Å². The van der Waals surface area contributed by atoms with E-state index in [9.17, 15) is 9.59 Å². The molecule has 0 spiro atoms. The molecule has 1 atom stereocenters. The number of imidazole rings is 1. The molecule has 0 unspecified atom stereocenters. The molecule has 0 aromatic carbocycles. The summed E-state index contributed by atoms with van der Waals surface area (Å²) in [6.45, 7) is 0. The molecule has 1 amide bonds. The Balaban J connectivity index is 2.54. The number of hydrogen-bond donors (Lipinski definition) is 3. The van der Waals surface area contributed by atoms with Crippen LogP contribution >= 0.6 is 11.8 Å². The Morgan fingerprint density at radius 2 is 2.44 bits per heavy atom. The number of carboxylic acid groups (broad SMARTS) is 1. The molecule has 0 bridgehead atoms. The fourth-order valence-corrected chi connectivity index (χ4v) is 1.58. The van der Waals surface area contributed by atoms with Crippen LogP contribution in [0.1, 0.15) is 16.9 Å². The molecule has 1 heterocycles. The van der Waals surface area contributed by atoms with E-state index >= 15 is 0 Å². The molecule has 0 aliphatic heterocycles. The molecule has 3 N–H and O–H groups in total. The normalized spacial score (nSPS) is 12.1. The number of carbonyl (C=O) groups is 2. The zero-order valence-corrected chi connectivity index (χ0v) is 9.58. The topological polar surface area (TPSA) is 95.1 Å². The summed E-state index contributed by atoms with van der Waals surface area (Å²) in [6.07, 6.45) is 5.00. The van der Waals surface area contributed by atoms with E-state index in [4.69, 9.17) is 5.11 Å². The number of nitrogens with zero attached hydrogens (tertiary/aromatic N) is 1. The lowest BCUT2D eigenvalue weighted by atomic mass is 10.2. The first-order chi connectivity index (χ1) is 7.65. The Morgan fingerprint density at radius 1 is 1.69 bits per heavy atom. The molecule has 7 heteroatoms. The molecule has 16 heavy (non-hydrogen) atoms. The van der Waals surface area contributed by atoms with Gasteiger partial charge in [0, 0.05) is 0 Å². The molecular weight excluding hydrogens is 230 g/mol. The Bertz CT molecular complexity index is 353. The van der Waals surface area contributed by atoms with Crippen LogP contribution < -0.4 is 5.32 Å². The van der Waals surface area contributed by atoms with Crippen LogP contribution in [0.3, 0.4) is 0 Å². The number of aliphatic carboxylic acids is 1. The first kappa shape index (κ1) is 12.6. The van der Waals surface area contributed by atoms with Crippen molar-refractivity contribution in [3.63, 3.8) is 0 Å². The van der Waals surface area contributed by atoms with Gasteiger partial charge in [-0.3, -0.25) is 4.79 Å². The molecule has 1 rings (SSSR count). The minimum absolute atomic E-state index is 0.260. The van der Waals surface area contributed by atoms with Gasteiger partial charge in [0.2, 0.25) is 0 Å². The minimum Gasteiger partial charge on any atom is -0.480 e. The highest BCUT2D eigenvalue weighted by atomic mass is 32.2. The highest BCUT2D eigenvalue weighted by Crippen LogP contribution is 2.02. The van der Waals surface area contributed by atoms with Crippen molar-refractivity contribution >= 4 is 23.6 Å². The molecule has 0 radical (unpaired) electrons. The number of amides is 1. The number of H-pyrrole nitrogens is 1. The van der Waals surface area contributed by atoms with Crippen LogP contribution in [0.2, 0.25) is 0 Å². The van der Waals surface area contributed by atoms with Crippen LogP contribution in [0.15, 0.2) is 12.5 Å². The third-order valence-electron chi connectivity index (χ3n) is 1.96. The molecular formula is C9H13N3O3S. The van der Waals surface area contributed by atoms with Crippen molar-refractivity contribution in [2.45, 2.75) is 12.5 Å². The summed E-state index contributed by atoms with van der Waals surface area (Å²) in [5, 5.41) is 11.3. The maximum Gasteiger partial charge on any atom is 0.326 e. The molecule has 0 aliphatic carbocycles. The number of carbonyl (C=O) groups excluding carboxylic acids is 1. The number of aromatic amines is 1. The Morgan fingerprint density at radius 3 is 2.94 bits per heavy atom. The summed E-state index contributed by atoms with van der Waals surface area (Å²) in [5.41, 5.74) is 0.260. The van der Waals surface area contributed by atoms with E-state index in [0.29, 0.717) is 12.2 Å². The zero-order chi connectivity index (χ0) is 12.0. The summed E-state index contributed by atoms with van der Waals surface area (Å²) in [6, 6.07) is -0.858. The van der Waals surface area contributed by atoms with Gasteiger partial charge in [0.05, 0.1) is 12.5 Å². The van der Waals surface area contributed by atoms with Gasteiger partial charge < -0.3 is 15.4 Å². The quantitative estimate of drug-likeness (QED) is 0.670. The van der Waals surface area contributed by atoms with Crippen molar-refractivity contribution < 1.29 is 14.7 Å². The second-order valence-corrected chi connectivity index (χ2v) is 4.10. The SMILES string of the molecule is CSCC[C@H](NC(=O)c1cnc[nH]1)C(=O)O. The Kier molecular flexibility index (Phi) is 4.84. The maximum atomic E-state index is 11.5. The van der Waals surface area contributed by atoms with E-state index in [1.54, 1.807) is 0 Å². The fourth-order valence-electron chi connectivity index (χ4n) is 1.11. The molecule has 88 valence electrons. The smallest absolute Gasteiger partial charge is 0.326 e. The molecule has 0 aliphatic rings. The summed E-state index contributed by atoms with van der Waals surface area (Å²) >= 11 is 1.54. The summed E-state index contributed by atoms with van der Waals surface area (Å²) in [5.74, 6) is -0.798. The molecule has 1 aromatic rings. The minimum atomic E-state index is -1.03. The highest BCUT2D eigenvalue weighted by Gasteiger charge is 2.20. The predicted octanol–water partition coefficient (Wildman–Crippen LogP) is 0.346. The molecule has 0 fully saturated rings. The first-order valence-electron chi connectivity index (χ1n) is 4.66. The Hall–Kier alpha value is -1.50. The third-order valence-corrected chi connectivity index (χ3v) is 2.60. The van der Waals surface area contributed by atoms with Crippen LogP contribution in [0.25, 0.3) is 0 Å². The highest BCUT2D eigenvalue weighted by molar-refractivity contribution is 7.98. The number of thioether (sulfide) groups is 1. The summed E-state index contributed by atoms with van der Waals surface area (Å²) < 4.78 is 0. The third kappa shape index (κ3) is 3.58. The predicted molar refractivity (Wildman–Crippen MR) is 60.5 cm³/mol. The van der Waals surface area contributed by atoms with Crippen LogP contribution in [-0.4, -0.2) is 45.0 Å². The van der Waals surface area contributed by atoms with Gasteiger partial charge in [0.25, 0.3) is 5.91 Å². The van der Waals surface area contributed by atoms with Gasteiger partial charge in [-0.15, -0.1) is 0 Å². The van der Waals surface area contributed by atoms with Crippen molar-refractivity contribution in [3.05, 3.63) is 18.2 Å². The average Bonchev–Trinajstić information content (AvgIpc) is 2.76. The van der Waals surface area contributed by atoms with Gasteiger partial charge in [0.15, 0.2) is 0 Å².